The molecular formula is C23H49NO7S. The van der Waals surface area contributed by atoms with E-state index < -0.39 is 0 Å². The quantitative estimate of drug-likeness (QED) is 0.224. The van der Waals surface area contributed by atoms with Crippen molar-refractivity contribution in [2.45, 2.75) is 70.7 Å². The maximum atomic E-state index is 11.7. The van der Waals surface area contributed by atoms with Gasteiger partial charge in [-0.3, -0.25) is 0 Å². The first-order chi connectivity index (χ1) is 15.6. The number of carbonyl (C=O) groups excluding carboxylic acids is 1. The van der Waals surface area contributed by atoms with E-state index >= 15 is 0 Å². The largest absolute Gasteiger partial charge is 0.446 e. The molecule has 0 saturated heterocycles. The molecule has 0 atom stereocenters. The molecule has 32 heavy (non-hydrogen) atoms. The van der Waals surface area contributed by atoms with Crippen molar-refractivity contribution in [1.82, 2.24) is 5.32 Å². The van der Waals surface area contributed by atoms with Gasteiger partial charge in [-0.2, -0.15) is 12.6 Å². The summed E-state index contributed by atoms with van der Waals surface area (Å²) in [6.45, 7) is 12.3. The molecule has 1 aliphatic carbocycles. The number of rotatable bonds is 18. The second kappa shape index (κ2) is 25.1. The van der Waals surface area contributed by atoms with E-state index in [0.717, 1.165) is 38.7 Å². The summed E-state index contributed by atoms with van der Waals surface area (Å²) in [5.74, 6) is 0. The van der Waals surface area contributed by atoms with E-state index in [1.54, 1.807) is 0 Å². The van der Waals surface area contributed by atoms with Gasteiger partial charge in [0.25, 0.3) is 0 Å². The molecule has 1 saturated carbocycles. The van der Waals surface area contributed by atoms with Gasteiger partial charge in [-0.15, -0.1) is 0 Å². The Morgan fingerprint density at radius 2 is 1.16 bits per heavy atom. The van der Waals surface area contributed by atoms with Crippen LogP contribution in [-0.2, 0) is 28.4 Å². The van der Waals surface area contributed by atoms with Crippen LogP contribution in [0.25, 0.3) is 0 Å². The summed E-state index contributed by atoms with van der Waals surface area (Å²) in [6.07, 6.45) is 5.69. The summed E-state index contributed by atoms with van der Waals surface area (Å²) in [5, 5.41) is 3.14. The minimum Gasteiger partial charge on any atom is -0.446 e. The predicted octanol–water partition coefficient (Wildman–Crippen LogP) is 4.11. The molecule has 1 N–H and O–H groups in total. The van der Waals surface area contributed by atoms with Crippen molar-refractivity contribution in [2.75, 3.05) is 72.6 Å². The molecule has 0 heterocycles. The zero-order valence-corrected chi connectivity index (χ0v) is 21.4. The molecule has 0 bridgehead atoms. The van der Waals surface area contributed by atoms with Gasteiger partial charge in [-0.25, -0.2) is 4.79 Å². The highest BCUT2D eigenvalue weighted by molar-refractivity contribution is 7.80. The van der Waals surface area contributed by atoms with Crippen LogP contribution in [0, 0.1) is 0 Å². The number of carbonyl (C=O) groups is 1. The fourth-order valence-electron chi connectivity index (χ4n) is 2.71. The van der Waals surface area contributed by atoms with Crippen molar-refractivity contribution in [2.24, 2.45) is 0 Å². The van der Waals surface area contributed by atoms with Gasteiger partial charge in [0, 0.05) is 19.8 Å². The third-order valence-corrected chi connectivity index (χ3v) is 4.79. The first kappa shape index (κ1) is 31.4. The fraction of sp³-hybridized carbons (Fsp3) is 0.957. The number of hydrogen-bond donors (Lipinski definition) is 2. The standard InChI is InChI=1S/C20H39NO7S.C3H8.H2/c1-2-8-23-10-12-25-14-16-27-17-15-26-13-11-24-9-7-21-20(22)28-18-3-5-19(29)6-4-18;1-3-2;/h18-19,29H,2-17H2,1H3,(H,21,22);3H2,1-2H3;1H. The topological polar surface area (TPSA) is 84.5 Å². The SMILES string of the molecule is CCC.CCCOCCOCCOCCOCCOCCNC(=O)OC1CCC(S)CC1.[HH]. The molecular weight excluding hydrogens is 434 g/mol. The molecule has 1 fully saturated rings. The van der Waals surface area contributed by atoms with Gasteiger partial charge in [0.05, 0.1) is 59.5 Å². The Bertz CT molecular complexity index is 403. The molecule has 0 radical (unpaired) electrons. The van der Waals surface area contributed by atoms with Gasteiger partial charge in [0.15, 0.2) is 0 Å². The van der Waals surface area contributed by atoms with Crippen molar-refractivity contribution in [3.05, 3.63) is 0 Å². The maximum Gasteiger partial charge on any atom is 0.407 e. The normalized spacial score (nSPS) is 18.0. The Morgan fingerprint density at radius 3 is 1.59 bits per heavy atom. The minimum atomic E-state index is -0.373. The van der Waals surface area contributed by atoms with Gasteiger partial charge in [0.1, 0.15) is 6.10 Å². The molecule has 0 spiro atoms. The molecule has 0 aromatic heterocycles. The second-order valence-corrected chi connectivity index (χ2v) is 8.26. The number of thiol groups is 1. The lowest BCUT2D eigenvalue weighted by atomic mass is 9.97. The van der Waals surface area contributed by atoms with Gasteiger partial charge in [-0.1, -0.05) is 27.2 Å². The van der Waals surface area contributed by atoms with Crippen molar-refractivity contribution < 1.29 is 34.6 Å². The first-order valence-electron chi connectivity index (χ1n) is 12.1. The lowest BCUT2D eigenvalue weighted by molar-refractivity contribution is -0.0108. The van der Waals surface area contributed by atoms with Gasteiger partial charge >= 0.3 is 6.09 Å². The third kappa shape index (κ3) is 22.6. The van der Waals surface area contributed by atoms with E-state index in [0.29, 0.717) is 71.3 Å². The zero-order chi connectivity index (χ0) is 23.7. The maximum absolute atomic E-state index is 11.7. The monoisotopic (exact) mass is 483 g/mol. The predicted molar refractivity (Wildman–Crippen MR) is 132 cm³/mol. The number of nitrogens with one attached hydrogen (secondary N) is 1. The van der Waals surface area contributed by atoms with E-state index in [-0.39, 0.29) is 13.6 Å². The lowest BCUT2D eigenvalue weighted by Gasteiger charge is -2.25. The van der Waals surface area contributed by atoms with E-state index in [2.05, 4.69) is 38.7 Å². The van der Waals surface area contributed by atoms with Crippen LogP contribution in [0.15, 0.2) is 0 Å². The van der Waals surface area contributed by atoms with Crippen molar-refractivity contribution in [3.63, 3.8) is 0 Å². The number of ether oxygens (including phenoxy) is 6. The summed E-state index contributed by atoms with van der Waals surface area (Å²) in [6, 6.07) is 0. The Hall–Kier alpha value is -0.580. The highest BCUT2D eigenvalue weighted by Gasteiger charge is 2.21. The molecule has 1 amide bonds. The molecule has 8 nitrogen and oxygen atoms in total. The van der Waals surface area contributed by atoms with Gasteiger partial charge in [0.2, 0.25) is 0 Å². The van der Waals surface area contributed by atoms with Crippen molar-refractivity contribution >= 4 is 18.7 Å². The van der Waals surface area contributed by atoms with Crippen molar-refractivity contribution in [1.29, 1.82) is 0 Å². The smallest absolute Gasteiger partial charge is 0.407 e. The minimum absolute atomic E-state index is 0. The van der Waals surface area contributed by atoms with E-state index in [4.69, 9.17) is 28.4 Å². The molecule has 9 heteroatoms. The molecule has 1 aliphatic rings. The summed E-state index contributed by atoms with van der Waals surface area (Å²) < 4.78 is 32.3. The van der Waals surface area contributed by atoms with Crippen LogP contribution in [0.3, 0.4) is 0 Å². The summed E-state index contributed by atoms with van der Waals surface area (Å²) >= 11 is 4.44. The van der Waals surface area contributed by atoms with Crippen LogP contribution in [0.2, 0.25) is 0 Å². The van der Waals surface area contributed by atoms with Crippen LogP contribution < -0.4 is 5.32 Å². The molecule has 0 aliphatic heterocycles. The number of hydrogen-bond acceptors (Lipinski definition) is 8. The molecule has 194 valence electrons. The van der Waals surface area contributed by atoms with Crippen LogP contribution in [0.4, 0.5) is 4.79 Å². The zero-order valence-electron chi connectivity index (χ0n) is 20.5. The molecule has 0 aromatic rings. The Balaban J connectivity index is 0. The third-order valence-electron chi connectivity index (χ3n) is 4.27. The molecule has 1 rings (SSSR count). The van der Waals surface area contributed by atoms with Crippen LogP contribution in [0.5, 0.6) is 0 Å². The number of alkyl carbamates (subject to hydrolysis) is 1. The number of amides is 1. The Kier molecular flexibility index (Phi) is 24.6. The average molecular weight is 484 g/mol. The molecule has 0 aromatic carbocycles. The van der Waals surface area contributed by atoms with E-state index in [1.807, 2.05) is 0 Å². The second-order valence-electron chi connectivity index (χ2n) is 7.53. The fourth-order valence-corrected chi connectivity index (χ4v) is 3.01. The Labute approximate surface area is 202 Å². The Morgan fingerprint density at radius 1 is 0.750 bits per heavy atom. The van der Waals surface area contributed by atoms with Crippen LogP contribution in [0.1, 0.15) is 60.7 Å². The first-order valence-corrected chi connectivity index (χ1v) is 12.7. The van der Waals surface area contributed by atoms with Gasteiger partial charge in [-0.05, 0) is 32.1 Å². The highest BCUT2D eigenvalue weighted by Crippen LogP contribution is 2.24. The van der Waals surface area contributed by atoms with Crippen LogP contribution >= 0.6 is 12.6 Å². The van der Waals surface area contributed by atoms with Crippen molar-refractivity contribution in [3.8, 4) is 0 Å². The summed E-state index contributed by atoms with van der Waals surface area (Å²) in [4.78, 5) is 11.7. The highest BCUT2D eigenvalue weighted by atomic mass is 32.1. The van der Waals surface area contributed by atoms with Gasteiger partial charge < -0.3 is 33.7 Å². The van der Waals surface area contributed by atoms with Crippen LogP contribution in [-0.4, -0.2) is 90.1 Å². The molecule has 0 unspecified atom stereocenters. The van der Waals surface area contributed by atoms with E-state index in [1.165, 1.54) is 6.42 Å². The summed E-state index contributed by atoms with van der Waals surface area (Å²) in [7, 11) is 0. The average Bonchev–Trinajstić information content (AvgIpc) is 2.78. The lowest BCUT2D eigenvalue weighted by Crippen LogP contribution is -2.33. The van der Waals surface area contributed by atoms with E-state index in [9.17, 15) is 4.79 Å². The summed E-state index contributed by atoms with van der Waals surface area (Å²) in [5.41, 5.74) is 0.